The molecule has 2 aromatic heterocycles. The van der Waals surface area contributed by atoms with E-state index in [1.807, 2.05) is 18.5 Å². The van der Waals surface area contributed by atoms with Crippen molar-refractivity contribution in [3.63, 3.8) is 0 Å². The summed E-state index contributed by atoms with van der Waals surface area (Å²) in [5.74, 6) is 1.52. The number of aryl methyl sites for hydroxylation is 2. The van der Waals surface area contributed by atoms with Gasteiger partial charge in [-0.2, -0.15) is 0 Å². The molecule has 0 unspecified atom stereocenters. The predicted octanol–water partition coefficient (Wildman–Crippen LogP) is 14.3. The minimum Gasteiger partial charge on any atom is -0.457 e. The van der Waals surface area contributed by atoms with Crippen molar-refractivity contribution in [1.29, 1.82) is 0 Å². The zero-order valence-corrected chi connectivity index (χ0v) is 34.8. The van der Waals surface area contributed by atoms with Crippen molar-refractivity contribution in [2.24, 2.45) is 0 Å². The molecule has 0 fully saturated rings. The summed E-state index contributed by atoms with van der Waals surface area (Å²) < 4.78 is 7.03. The standard InChI is InChI=1S/C55H50N2O/c1-35-15-13-16-36(2)52(35)40-27-39(50-30-37-17-9-10-18-38(37)34-57-50)28-45(29-40)58-44-20-14-19-43(31-44)55(51-21-11-12-26-56-51)48-32-41(53(3,4)5)22-24-46(48)47-25-23-42(33-49(47)55)54(6,7)8/h9-34H,1-8H3. The molecule has 9 rings (SSSR count). The van der Waals surface area contributed by atoms with E-state index < -0.39 is 5.41 Å². The molecule has 0 aliphatic heterocycles. The maximum Gasteiger partial charge on any atom is 0.128 e. The topological polar surface area (TPSA) is 35.0 Å². The van der Waals surface area contributed by atoms with Crippen molar-refractivity contribution in [3.8, 4) is 45.0 Å². The Kier molecular flexibility index (Phi) is 8.97. The van der Waals surface area contributed by atoms with Crippen LogP contribution in [-0.2, 0) is 16.2 Å². The van der Waals surface area contributed by atoms with E-state index in [0.29, 0.717) is 0 Å². The Balaban J connectivity index is 1.25. The fourth-order valence-corrected chi connectivity index (χ4v) is 8.97. The Bertz CT molecular complexity index is 2770. The average Bonchev–Trinajstić information content (AvgIpc) is 3.50. The van der Waals surface area contributed by atoms with E-state index in [9.17, 15) is 0 Å². The van der Waals surface area contributed by atoms with Crippen LogP contribution in [0.4, 0.5) is 0 Å². The molecule has 3 heteroatoms. The van der Waals surface area contributed by atoms with Crippen LogP contribution in [0.3, 0.4) is 0 Å². The highest BCUT2D eigenvalue weighted by Gasteiger charge is 2.48. The molecule has 0 radical (unpaired) electrons. The van der Waals surface area contributed by atoms with Crippen molar-refractivity contribution in [1.82, 2.24) is 9.97 Å². The first-order valence-electron chi connectivity index (χ1n) is 20.4. The molecule has 1 aliphatic carbocycles. The van der Waals surface area contributed by atoms with Crippen LogP contribution >= 0.6 is 0 Å². The van der Waals surface area contributed by atoms with Crippen LogP contribution in [0.1, 0.15) is 86.2 Å². The zero-order valence-electron chi connectivity index (χ0n) is 34.8. The molecule has 58 heavy (non-hydrogen) atoms. The van der Waals surface area contributed by atoms with Gasteiger partial charge in [0, 0.05) is 23.3 Å². The Hall–Kier alpha value is -6.32. The van der Waals surface area contributed by atoms with Crippen molar-refractivity contribution in [3.05, 3.63) is 203 Å². The molecule has 0 saturated heterocycles. The number of benzene rings is 6. The molecule has 1 aliphatic rings. The molecule has 2 heterocycles. The smallest absolute Gasteiger partial charge is 0.128 e. The molecule has 0 amide bonds. The van der Waals surface area contributed by atoms with Gasteiger partial charge < -0.3 is 4.74 Å². The second-order valence-corrected chi connectivity index (χ2v) is 18.0. The third-order valence-electron chi connectivity index (χ3n) is 12.0. The number of rotatable bonds is 6. The molecule has 0 N–H and O–H groups in total. The fraction of sp³-hybridized carbons (Fsp3) is 0.200. The Morgan fingerprint density at radius 1 is 0.500 bits per heavy atom. The molecule has 3 nitrogen and oxygen atoms in total. The Morgan fingerprint density at radius 2 is 1.12 bits per heavy atom. The highest BCUT2D eigenvalue weighted by atomic mass is 16.5. The summed E-state index contributed by atoms with van der Waals surface area (Å²) in [6, 6.07) is 52.7. The molecule has 0 atom stereocenters. The van der Waals surface area contributed by atoms with E-state index in [1.54, 1.807) is 0 Å². The lowest BCUT2D eigenvalue weighted by molar-refractivity contribution is 0.481. The molecule has 0 spiro atoms. The van der Waals surface area contributed by atoms with Crippen LogP contribution in [0, 0.1) is 13.8 Å². The monoisotopic (exact) mass is 754 g/mol. The van der Waals surface area contributed by atoms with Crippen LogP contribution in [0.2, 0.25) is 0 Å². The summed E-state index contributed by atoms with van der Waals surface area (Å²) >= 11 is 0. The van der Waals surface area contributed by atoms with Gasteiger partial charge >= 0.3 is 0 Å². The maximum absolute atomic E-state index is 7.03. The van der Waals surface area contributed by atoms with Crippen LogP contribution < -0.4 is 4.74 Å². The first kappa shape index (κ1) is 37.3. The summed E-state index contributed by atoms with van der Waals surface area (Å²) in [6.07, 6.45) is 3.89. The largest absolute Gasteiger partial charge is 0.457 e. The molecule has 0 saturated carbocycles. The molecule has 0 bridgehead atoms. The van der Waals surface area contributed by atoms with E-state index in [0.717, 1.165) is 50.3 Å². The van der Waals surface area contributed by atoms with E-state index in [1.165, 1.54) is 50.1 Å². The lowest BCUT2D eigenvalue weighted by atomic mass is 9.68. The van der Waals surface area contributed by atoms with Gasteiger partial charge in [0.2, 0.25) is 0 Å². The van der Waals surface area contributed by atoms with E-state index >= 15 is 0 Å². The quantitative estimate of drug-likeness (QED) is 0.170. The van der Waals surface area contributed by atoms with Crippen molar-refractivity contribution < 1.29 is 4.74 Å². The minimum atomic E-state index is -0.686. The Labute approximate surface area is 343 Å². The number of fused-ring (bicyclic) bond motifs is 4. The molecule has 8 aromatic rings. The summed E-state index contributed by atoms with van der Waals surface area (Å²) in [5, 5.41) is 2.27. The lowest BCUT2D eigenvalue weighted by Gasteiger charge is -2.34. The normalized spacial score (nSPS) is 13.3. The number of nitrogens with zero attached hydrogens (tertiary/aromatic N) is 2. The molecular weight excluding hydrogens is 705 g/mol. The number of hydrogen-bond donors (Lipinski definition) is 0. The van der Waals surface area contributed by atoms with E-state index in [-0.39, 0.29) is 10.8 Å². The molecule has 286 valence electrons. The van der Waals surface area contributed by atoms with Gasteiger partial charge in [-0.3, -0.25) is 9.97 Å². The van der Waals surface area contributed by atoms with Crippen LogP contribution in [0.25, 0.3) is 44.3 Å². The summed E-state index contributed by atoms with van der Waals surface area (Å²) in [7, 11) is 0. The van der Waals surface area contributed by atoms with Gasteiger partial charge in [-0.05, 0) is 140 Å². The van der Waals surface area contributed by atoms with Gasteiger partial charge in [0.25, 0.3) is 0 Å². The van der Waals surface area contributed by atoms with Gasteiger partial charge in [-0.15, -0.1) is 0 Å². The number of ether oxygens (including phenoxy) is 1. The number of hydrogen-bond acceptors (Lipinski definition) is 3. The fourth-order valence-electron chi connectivity index (χ4n) is 8.97. The van der Waals surface area contributed by atoms with Crippen LogP contribution in [0.15, 0.2) is 158 Å². The van der Waals surface area contributed by atoms with Crippen LogP contribution in [0.5, 0.6) is 11.5 Å². The average molecular weight is 755 g/mol. The SMILES string of the molecule is Cc1cccc(C)c1-c1cc(Oc2cccc(C3(c4ccccn4)c4cc(C(C)(C)C)ccc4-c4ccc(C(C)(C)C)cc43)c2)cc(-c2cc3ccccc3cn2)c1. The van der Waals surface area contributed by atoms with Crippen molar-refractivity contribution in [2.45, 2.75) is 71.6 Å². The second kappa shape index (κ2) is 14.0. The zero-order chi connectivity index (χ0) is 40.4. The number of aromatic nitrogens is 2. The maximum atomic E-state index is 7.03. The van der Waals surface area contributed by atoms with E-state index in [4.69, 9.17) is 14.7 Å². The first-order chi connectivity index (χ1) is 27.8. The third kappa shape index (κ3) is 6.40. The van der Waals surface area contributed by atoms with Gasteiger partial charge in [-0.1, -0.05) is 139 Å². The highest BCUT2D eigenvalue weighted by Crippen LogP contribution is 2.57. The lowest BCUT2D eigenvalue weighted by Crippen LogP contribution is -2.30. The van der Waals surface area contributed by atoms with Crippen molar-refractivity contribution in [2.75, 3.05) is 0 Å². The minimum absolute atomic E-state index is 0.0424. The van der Waals surface area contributed by atoms with Crippen molar-refractivity contribution >= 4 is 10.8 Å². The second-order valence-electron chi connectivity index (χ2n) is 18.0. The third-order valence-corrected chi connectivity index (χ3v) is 12.0. The highest BCUT2D eigenvalue weighted by molar-refractivity contribution is 5.88. The predicted molar refractivity (Wildman–Crippen MR) is 241 cm³/mol. The Morgan fingerprint density at radius 3 is 1.76 bits per heavy atom. The van der Waals surface area contributed by atoms with E-state index in [2.05, 4.69) is 195 Å². The van der Waals surface area contributed by atoms with Gasteiger partial charge in [-0.25, -0.2) is 0 Å². The number of pyridine rings is 2. The van der Waals surface area contributed by atoms with Gasteiger partial charge in [0.1, 0.15) is 11.5 Å². The van der Waals surface area contributed by atoms with Gasteiger partial charge in [0.15, 0.2) is 0 Å². The molecular formula is C55H50N2O. The molecule has 6 aromatic carbocycles. The van der Waals surface area contributed by atoms with Crippen LogP contribution in [-0.4, -0.2) is 9.97 Å². The summed E-state index contributed by atoms with van der Waals surface area (Å²) in [6.45, 7) is 18.1. The first-order valence-corrected chi connectivity index (χ1v) is 20.4. The van der Waals surface area contributed by atoms with Gasteiger partial charge in [0.05, 0.1) is 16.8 Å². The summed E-state index contributed by atoms with van der Waals surface area (Å²) in [5.41, 5.74) is 15.6. The summed E-state index contributed by atoms with van der Waals surface area (Å²) in [4.78, 5) is 10.1.